The van der Waals surface area contributed by atoms with E-state index in [9.17, 15) is 9.59 Å². The summed E-state index contributed by atoms with van der Waals surface area (Å²) in [5.74, 6) is 1.71. The zero-order chi connectivity index (χ0) is 26.6. The van der Waals surface area contributed by atoms with E-state index in [-0.39, 0.29) is 0 Å². The lowest BCUT2D eigenvalue weighted by molar-refractivity contribution is 0.143. The summed E-state index contributed by atoms with van der Waals surface area (Å²) in [7, 11) is 0. The first-order valence-corrected chi connectivity index (χ1v) is 13.5. The van der Waals surface area contributed by atoms with E-state index in [1.54, 1.807) is 47.8 Å². The van der Waals surface area contributed by atoms with Crippen LogP contribution < -0.4 is 9.47 Å². The summed E-state index contributed by atoms with van der Waals surface area (Å²) in [6.45, 7) is 2.12. The first-order valence-electron chi connectivity index (χ1n) is 11.3. The van der Waals surface area contributed by atoms with Crippen molar-refractivity contribution < 1.29 is 29.3 Å². The Morgan fingerprint density at radius 1 is 0.595 bits per heavy atom. The van der Waals surface area contributed by atoms with Crippen LogP contribution in [0.5, 0.6) is 11.5 Å². The first kappa shape index (κ1) is 27.7. The molecule has 0 saturated heterocycles. The van der Waals surface area contributed by atoms with Crippen molar-refractivity contribution >= 4 is 35.8 Å². The molecule has 0 heterocycles. The van der Waals surface area contributed by atoms with E-state index in [0.717, 1.165) is 28.0 Å². The lowest BCUT2D eigenvalue weighted by Gasteiger charge is -2.05. The van der Waals surface area contributed by atoms with E-state index in [1.807, 2.05) is 42.7 Å². The molecular weight excluding hydrogens is 508 g/mol. The molecule has 0 aliphatic heterocycles. The van der Waals surface area contributed by atoms with Crippen LogP contribution in [0.15, 0.2) is 107 Å². The normalized spacial score (nSPS) is 10.1. The Bertz CT molecular complexity index is 1290. The molecule has 2 N–H and O–H groups in total. The largest absolute Gasteiger partial charge is 0.511 e. The third-order valence-electron chi connectivity index (χ3n) is 5.04. The molecule has 0 unspecified atom stereocenters. The molecule has 37 heavy (non-hydrogen) atoms. The molecule has 4 rings (SSSR count). The molecule has 0 saturated carbocycles. The monoisotopic (exact) mass is 534 g/mol. The molecule has 0 bridgehead atoms. The van der Waals surface area contributed by atoms with Gasteiger partial charge in [-0.3, -0.25) is 0 Å². The number of rotatable bonds is 7. The standard InChI is InChI=1S/C15H14O3S.C14H12O3S/c1-2-19-14-9-5-12(6-10-14)11-3-7-13(8-4-11)18-15(16)17;1-18-13-8-4-11(5-9-13)10-2-6-12(7-3-10)17-14(15)16/h3-10H,2H2,1H3,(H,16,17);2-9H,1H3,(H,15,16). The van der Waals surface area contributed by atoms with Gasteiger partial charge in [0.2, 0.25) is 0 Å². The Labute approximate surface area is 224 Å². The summed E-state index contributed by atoms with van der Waals surface area (Å²) < 4.78 is 9.12. The SMILES string of the molecule is CCSc1ccc(-c2ccc(OC(=O)O)cc2)cc1.CSc1ccc(-c2ccc(OC(=O)O)cc2)cc1. The minimum atomic E-state index is -1.30. The number of hydrogen-bond donors (Lipinski definition) is 2. The van der Waals surface area contributed by atoms with Gasteiger partial charge in [-0.1, -0.05) is 55.5 Å². The van der Waals surface area contributed by atoms with Crippen molar-refractivity contribution in [1.29, 1.82) is 0 Å². The molecular formula is C29H26O6S2. The molecule has 0 aliphatic carbocycles. The van der Waals surface area contributed by atoms with Crippen molar-refractivity contribution in [3.05, 3.63) is 97.1 Å². The van der Waals surface area contributed by atoms with Crippen LogP contribution in [-0.2, 0) is 0 Å². The van der Waals surface area contributed by atoms with E-state index >= 15 is 0 Å². The molecule has 0 aliphatic rings. The Hall–Kier alpha value is -3.88. The minimum Gasteiger partial charge on any atom is -0.449 e. The maximum atomic E-state index is 10.4. The summed E-state index contributed by atoms with van der Waals surface area (Å²) in [6, 6.07) is 30.5. The average Bonchev–Trinajstić information content (AvgIpc) is 2.90. The van der Waals surface area contributed by atoms with Gasteiger partial charge in [-0.05, 0) is 82.8 Å². The van der Waals surface area contributed by atoms with E-state index in [4.69, 9.17) is 10.2 Å². The van der Waals surface area contributed by atoms with Crippen molar-refractivity contribution in [2.24, 2.45) is 0 Å². The maximum absolute atomic E-state index is 10.4. The van der Waals surface area contributed by atoms with Crippen LogP contribution in [0, 0.1) is 0 Å². The molecule has 0 fully saturated rings. The fourth-order valence-corrected chi connectivity index (χ4v) is 4.40. The molecule has 190 valence electrons. The third-order valence-corrected chi connectivity index (χ3v) is 6.68. The Kier molecular flexibility index (Phi) is 10.5. The molecule has 0 spiro atoms. The number of carbonyl (C=O) groups is 2. The van der Waals surface area contributed by atoms with Crippen molar-refractivity contribution in [2.45, 2.75) is 16.7 Å². The molecule has 4 aromatic rings. The smallest absolute Gasteiger partial charge is 0.449 e. The highest BCUT2D eigenvalue weighted by atomic mass is 32.2. The molecule has 8 heteroatoms. The van der Waals surface area contributed by atoms with Crippen LogP contribution in [-0.4, -0.2) is 34.5 Å². The molecule has 0 amide bonds. The van der Waals surface area contributed by atoms with Gasteiger partial charge in [0.1, 0.15) is 11.5 Å². The molecule has 4 aromatic carbocycles. The van der Waals surface area contributed by atoms with E-state index < -0.39 is 12.3 Å². The summed E-state index contributed by atoms with van der Waals surface area (Å²) in [4.78, 5) is 23.2. The Morgan fingerprint density at radius 2 is 0.919 bits per heavy atom. The van der Waals surface area contributed by atoms with Gasteiger partial charge in [0.15, 0.2) is 0 Å². The van der Waals surface area contributed by atoms with E-state index in [0.29, 0.717) is 11.5 Å². The van der Waals surface area contributed by atoms with Gasteiger partial charge in [0.25, 0.3) is 0 Å². The maximum Gasteiger partial charge on any atom is 0.511 e. The van der Waals surface area contributed by atoms with Gasteiger partial charge in [0.05, 0.1) is 0 Å². The van der Waals surface area contributed by atoms with Crippen LogP contribution in [0.1, 0.15) is 6.92 Å². The lowest BCUT2D eigenvalue weighted by Crippen LogP contribution is -2.02. The number of benzene rings is 4. The van der Waals surface area contributed by atoms with E-state index in [2.05, 4.69) is 52.8 Å². The summed E-state index contributed by atoms with van der Waals surface area (Å²) in [5, 5.41) is 17.0. The van der Waals surface area contributed by atoms with Crippen LogP contribution in [0.2, 0.25) is 0 Å². The lowest BCUT2D eigenvalue weighted by atomic mass is 10.1. The Balaban J connectivity index is 0.000000206. The van der Waals surface area contributed by atoms with Gasteiger partial charge < -0.3 is 19.7 Å². The summed E-state index contributed by atoms with van der Waals surface area (Å²) in [6.07, 6.45) is -0.562. The molecule has 0 aromatic heterocycles. The molecule has 0 atom stereocenters. The zero-order valence-corrected chi connectivity index (χ0v) is 21.9. The van der Waals surface area contributed by atoms with Gasteiger partial charge in [-0.25, -0.2) is 9.59 Å². The van der Waals surface area contributed by atoms with Crippen LogP contribution >= 0.6 is 23.5 Å². The topological polar surface area (TPSA) is 93.1 Å². The minimum absolute atomic E-state index is 0.326. The van der Waals surface area contributed by atoms with Crippen molar-refractivity contribution in [3.8, 4) is 33.8 Å². The number of thioether (sulfide) groups is 2. The fourth-order valence-electron chi connectivity index (χ4n) is 3.33. The van der Waals surface area contributed by atoms with Crippen LogP contribution in [0.4, 0.5) is 9.59 Å². The predicted molar refractivity (Wildman–Crippen MR) is 149 cm³/mol. The number of carboxylic acid groups (broad SMARTS) is 2. The fraction of sp³-hybridized carbons (Fsp3) is 0.103. The second kappa shape index (κ2) is 14.0. The quantitative estimate of drug-likeness (QED) is 0.138. The first-order chi connectivity index (χ1) is 17.9. The van der Waals surface area contributed by atoms with Crippen LogP contribution in [0.3, 0.4) is 0 Å². The zero-order valence-electron chi connectivity index (χ0n) is 20.3. The number of ether oxygens (including phenoxy) is 2. The average molecular weight is 535 g/mol. The highest BCUT2D eigenvalue weighted by molar-refractivity contribution is 7.99. The van der Waals surface area contributed by atoms with Gasteiger partial charge in [-0.15, -0.1) is 23.5 Å². The van der Waals surface area contributed by atoms with Crippen molar-refractivity contribution in [3.63, 3.8) is 0 Å². The van der Waals surface area contributed by atoms with Crippen molar-refractivity contribution in [1.82, 2.24) is 0 Å². The number of hydrogen-bond acceptors (Lipinski definition) is 6. The van der Waals surface area contributed by atoms with E-state index in [1.165, 1.54) is 9.79 Å². The third kappa shape index (κ3) is 8.93. The second-order valence-corrected chi connectivity index (χ2v) is 9.69. The summed E-state index contributed by atoms with van der Waals surface area (Å²) in [5.41, 5.74) is 4.25. The molecule has 0 radical (unpaired) electrons. The highest BCUT2D eigenvalue weighted by Crippen LogP contribution is 2.26. The second-order valence-electron chi connectivity index (χ2n) is 7.47. The highest BCUT2D eigenvalue weighted by Gasteiger charge is 2.03. The van der Waals surface area contributed by atoms with Crippen molar-refractivity contribution in [2.75, 3.05) is 12.0 Å². The Morgan fingerprint density at radius 3 is 1.22 bits per heavy atom. The van der Waals surface area contributed by atoms with Gasteiger partial charge in [-0.2, -0.15) is 0 Å². The molecule has 6 nitrogen and oxygen atoms in total. The summed E-state index contributed by atoms with van der Waals surface area (Å²) >= 11 is 3.50. The van der Waals surface area contributed by atoms with Crippen LogP contribution in [0.25, 0.3) is 22.3 Å². The predicted octanol–water partition coefficient (Wildman–Crippen LogP) is 8.65. The van der Waals surface area contributed by atoms with Gasteiger partial charge in [0, 0.05) is 9.79 Å². The van der Waals surface area contributed by atoms with Gasteiger partial charge >= 0.3 is 12.3 Å².